The van der Waals surface area contributed by atoms with Gasteiger partial charge in [0.05, 0.1) is 17.1 Å². The second kappa shape index (κ2) is 19.0. The molecular weight excluding hydrogens is 888 g/mol. The molecule has 0 N–H and O–H groups in total. The van der Waals surface area contributed by atoms with Gasteiger partial charge in [-0.1, -0.05) is 205 Å². The maximum atomic E-state index is 5.55. The van der Waals surface area contributed by atoms with Crippen LogP contribution in [0.2, 0.25) is 0 Å². The molecule has 8 aromatic rings. The summed E-state index contributed by atoms with van der Waals surface area (Å²) in [6.45, 7) is 13.7. The van der Waals surface area contributed by atoms with E-state index in [0.717, 1.165) is 94.8 Å². The molecule has 5 heteroatoms. The standard InChI is InChI=1S/C64H54N4.Cu/c1-39(2)45-25-28-54-57(34-45)41(5)56(31-43-17-9-7-10-18-43)47-33-49(65-38-47)37-62-51-22-14-16-24-53(51)64(68-62)55-29-26-46(40(3)4)35-58(55)42(6)59(32-44-19-11-8-12-20-44)60-30-27-48(66-60)36-61-50-21-13-15-23-52(50)63(54)67-61;/h7-42H,1-6H3;/q-2;+2/b48-36-,49-37-,56-31+,59-32+;. The molecule has 2 atom stereocenters. The Hall–Kier alpha value is -7.30. The van der Waals surface area contributed by atoms with Gasteiger partial charge in [0.25, 0.3) is 0 Å². The van der Waals surface area contributed by atoms with E-state index in [1.165, 1.54) is 27.8 Å². The number of fused-ring (bicyclic) bond motifs is 16. The molecule has 5 heterocycles. The van der Waals surface area contributed by atoms with Crippen LogP contribution in [-0.2, 0) is 17.1 Å². The first-order chi connectivity index (χ1) is 33.2. The largest absolute Gasteiger partial charge is 2.00 e. The minimum Gasteiger partial charge on any atom is -0.656 e. The van der Waals surface area contributed by atoms with Gasteiger partial charge in [-0.2, -0.15) is 0 Å². The van der Waals surface area contributed by atoms with E-state index < -0.39 is 0 Å². The van der Waals surface area contributed by atoms with Crippen LogP contribution < -0.4 is 9.97 Å². The molecule has 6 aromatic carbocycles. The van der Waals surface area contributed by atoms with E-state index in [2.05, 4.69) is 230 Å². The van der Waals surface area contributed by atoms with Crippen molar-refractivity contribution >= 4 is 57.8 Å². The molecule has 3 aliphatic rings. The van der Waals surface area contributed by atoms with Gasteiger partial charge >= 0.3 is 17.1 Å². The maximum absolute atomic E-state index is 5.55. The van der Waals surface area contributed by atoms with Crippen LogP contribution in [0.15, 0.2) is 202 Å². The van der Waals surface area contributed by atoms with Crippen molar-refractivity contribution in [2.75, 3.05) is 0 Å². The van der Waals surface area contributed by atoms with Crippen LogP contribution in [0.3, 0.4) is 0 Å². The zero-order valence-electron chi connectivity index (χ0n) is 39.9. The number of benzene rings is 6. The van der Waals surface area contributed by atoms with Crippen LogP contribution in [-0.4, -0.2) is 11.9 Å². The summed E-state index contributed by atoms with van der Waals surface area (Å²) in [5.41, 5.74) is 19.4. The predicted octanol–water partition coefficient (Wildman–Crippen LogP) is 16.3. The van der Waals surface area contributed by atoms with Crippen LogP contribution in [0.1, 0.15) is 110 Å². The van der Waals surface area contributed by atoms with Crippen molar-refractivity contribution in [3.05, 3.63) is 237 Å². The van der Waals surface area contributed by atoms with Gasteiger partial charge in [0.15, 0.2) is 0 Å². The Morgan fingerprint density at radius 2 is 0.957 bits per heavy atom. The Bertz CT molecular complexity index is 3290. The third kappa shape index (κ3) is 8.74. The Morgan fingerprint density at radius 1 is 0.493 bits per heavy atom. The SMILES string of the molecule is CC(C)c1ccc2c(c1)C(C)/C(=C\c1ccccc1)C1=C/C(=C/c3[n-]c(c4ccccc34)-c3ccc(C(C)C)cc3C(C)/C(=C\c3ccccc3)C3=N/C(=C\c4[n-]c-2c2ccccc42)C=C3)N=C1.[Cu+2]. The van der Waals surface area contributed by atoms with Gasteiger partial charge in [0.2, 0.25) is 0 Å². The first-order valence-corrected chi connectivity index (χ1v) is 24.1. The quantitative estimate of drug-likeness (QED) is 0.165. The molecule has 2 aromatic heterocycles. The van der Waals surface area contributed by atoms with Crippen LogP contribution in [0, 0.1) is 0 Å². The first kappa shape index (κ1) is 45.5. The fourth-order valence-corrected chi connectivity index (χ4v) is 10.2. The van der Waals surface area contributed by atoms with E-state index in [-0.39, 0.29) is 28.9 Å². The normalized spacial score (nSPS) is 19.4. The van der Waals surface area contributed by atoms with Gasteiger partial charge in [-0.25, -0.2) is 4.99 Å². The molecule has 0 amide bonds. The van der Waals surface area contributed by atoms with Crippen molar-refractivity contribution in [1.82, 2.24) is 9.97 Å². The fourth-order valence-electron chi connectivity index (χ4n) is 10.2. The summed E-state index contributed by atoms with van der Waals surface area (Å²) >= 11 is 0. The second-order valence-electron chi connectivity index (χ2n) is 19.1. The molecule has 0 aliphatic carbocycles. The zero-order chi connectivity index (χ0) is 46.5. The number of hydrogen-bond acceptors (Lipinski definition) is 2. The van der Waals surface area contributed by atoms with Crippen molar-refractivity contribution in [2.24, 2.45) is 9.98 Å². The monoisotopic (exact) mass is 941 g/mol. The van der Waals surface area contributed by atoms with Crippen LogP contribution in [0.25, 0.3) is 68.4 Å². The van der Waals surface area contributed by atoms with Crippen molar-refractivity contribution in [3.63, 3.8) is 0 Å². The van der Waals surface area contributed by atoms with Crippen LogP contribution >= 0.6 is 0 Å². The second-order valence-corrected chi connectivity index (χ2v) is 19.1. The van der Waals surface area contributed by atoms with Gasteiger partial charge < -0.3 is 9.97 Å². The van der Waals surface area contributed by atoms with Gasteiger partial charge in [-0.05, 0) is 119 Å². The summed E-state index contributed by atoms with van der Waals surface area (Å²) in [5.74, 6) is 0.632. The van der Waals surface area contributed by atoms with Gasteiger partial charge in [0.1, 0.15) is 0 Å². The molecule has 11 rings (SSSR count). The zero-order valence-corrected chi connectivity index (χ0v) is 40.8. The molecule has 0 fully saturated rings. The van der Waals surface area contributed by atoms with Gasteiger partial charge in [-0.3, -0.25) is 4.99 Å². The molecule has 4 nitrogen and oxygen atoms in total. The molecule has 1 radical (unpaired) electrons. The van der Waals surface area contributed by atoms with Gasteiger partial charge in [0, 0.05) is 18.1 Å². The summed E-state index contributed by atoms with van der Waals surface area (Å²) < 4.78 is 0. The number of rotatable bonds is 4. The molecular formula is C64H54CuN4. The molecule has 0 saturated heterocycles. The van der Waals surface area contributed by atoms with E-state index in [9.17, 15) is 0 Å². The Labute approximate surface area is 416 Å². The van der Waals surface area contributed by atoms with Crippen molar-refractivity contribution in [2.45, 2.75) is 65.2 Å². The van der Waals surface area contributed by atoms with E-state index in [1.807, 2.05) is 6.21 Å². The smallest absolute Gasteiger partial charge is 0.656 e. The summed E-state index contributed by atoms with van der Waals surface area (Å²) in [6, 6.07) is 52.5. The number of allylic oxidation sites excluding steroid dienone is 6. The summed E-state index contributed by atoms with van der Waals surface area (Å²) in [5, 5.41) is 4.46. The average Bonchev–Trinajstić information content (AvgIpc) is 4.19. The maximum Gasteiger partial charge on any atom is 2.00 e. The average molecular weight is 943 g/mol. The van der Waals surface area contributed by atoms with E-state index in [1.54, 1.807) is 0 Å². The molecule has 341 valence electrons. The van der Waals surface area contributed by atoms with E-state index in [4.69, 9.17) is 20.0 Å². The van der Waals surface area contributed by atoms with Crippen molar-refractivity contribution in [3.8, 4) is 22.5 Å². The molecule has 3 aliphatic heterocycles. The number of aliphatic imine (C=N–C) groups is 2. The van der Waals surface area contributed by atoms with E-state index in [0.29, 0.717) is 11.8 Å². The summed E-state index contributed by atoms with van der Waals surface area (Å²) in [4.78, 5) is 21.6. The Morgan fingerprint density at radius 3 is 1.48 bits per heavy atom. The molecule has 8 bridgehead atoms. The van der Waals surface area contributed by atoms with Gasteiger partial charge in [-0.15, -0.1) is 22.8 Å². The summed E-state index contributed by atoms with van der Waals surface area (Å²) in [7, 11) is 0. The molecule has 69 heavy (non-hydrogen) atoms. The van der Waals surface area contributed by atoms with Crippen LogP contribution in [0.5, 0.6) is 0 Å². The number of aromatic nitrogens is 2. The van der Waals surface area contributed by atoms with Crippen LogP contribution in [0.4, 0.5) is 0 Å². The Balaban J connectivity index is 0.00000553. The minimum absolute atomic E-state index is 0. The summed E-state index contributed by atoms with van der Waals surface area (Å²) in [6.07, 6.45) is 17.6. The predicted molar refractivity (Wildman–Crippen MR) is 288 cm³/mol. The molecule has 0 saturated carbocycles. The number of hydrogen-bond donors (Lipinski definition) is 0. The fraction of sp³-hybridized carbons (Fsp3) is 0.156. The topological polar surface area (TPSA) is 52.9 Å². The van der Waals surface area contributed by atoms with E-state index >= 15 is 0 Å². The minimum atomic E-state index is -0.0415. The first-order valence-electron chi connectivity index (χ1n) is 24.1. The Kier molecular flexibility index (Phi) is 12.5. The number of nitrogens with zero attached hydrogens (tertiary/aromatic N) is 4. The van der Waals surface area contributed by atoms with Crippen molar-refractivity contribution < 1.29 is 17.1 Å². The molecule has 2 unspecified atom stereocenters. The molecule has 0 spiro atoms. The third-order valence-electron chi connectivity index (χ3n) is 14.0. The third-order valence-corrected chi connectivity index (χ3v) is 14.0. The van der Waals surface area contributed by atoms with Crippen molar-refractivity contribution in [1.29, 1.82) is 0 Å².